The van der Waals surface area contributed by atoms with Gasteiger partial charge in [0, 0.05) is 23.7 Å². The topological polar surface area (TPSA) is 71.1 Å². The lowest BCUT2D eigenvalue weighted by molar-refractivity contribution is 0.173. The summed E-state index contributed by atoms with van der Waals surface area (Å²) in [6.45, 7) is 4.65. The average molecular weight is 478 g/mol. The first-order valence-corrected chi connectivity index (χ1v) is 10.2. The van der Waals surface area contributed by atoms with Crippen molar-refractivity contribution >= 4 is 38.9 Å². The number of nitrogens with one attached hydrogen (secondary N) is 1. The molecule has 29 heavy (non-hydrogen) atoms. The van der Waals surface area contributed by atoms with Gasteiger partial charge in [0.25, 0.3) is 11.4 Å². The van der Waals surface area contributed by atoms with Crippen molar-refractivity contribution in [2.45, 2.75) is 20.3 Å². The van der Waals surface area contributed by atoms with Gasteiger partial charge in [0.1, 0.15) is 10.2 Å². The summed E-state index contributed by atoms with van der Waals surface area (Å²) in [5, 5.41) is 7.33. The van der Waals surface area contributed by atoms with Gasteiger partial charge in [-0.3, -0.25) is 9.78 Å². The van der Waals surface area contributed by atoms with Crippen LogP contribution in [0.3, 0.4) is 0 Å². The highest BCUT2D eigenvalue weighted by atomic mass is 79.9. The molecule has 0 aliphatic rings. The lowest BCUT2D eigenvalue weighted by atomic mass is 9.87. The van der Waals surface area contributed by atoms with Crippen molar-refractivity contribution in [1.29, 1.82) is 0 Å². The number of benzene rings is 1. The van der Waals surface area contributed by atoms with E-state index in [0.717, 1.165) is 12.1 Å². The molecule has 3 rings (SSSR count). The SMILES string of the molecule is CN(c1cccnc1)c1c(OCC(C)(C)Cc2ccc(Cl)cc2)n[nH]c(=O)c1Br. The minimum Gasteiger partial charge on any atom is -0.475 e. The maximum absolute atomic E-state index is 12.1. The molecular formula is C21H22BrClN4O2. The van der Waals surface area contributed by atoms with E-state index in [1.165, 1.54) is 5.56 Å². The van der Waals surface area contributed by atoms with E-state index >= 15 is 0 Å². The molecule has 0 amide bonds. The monoisotopic (exact) mass is 476 g/mol. The van der Waals surface area contributed by atoms with E-state index in [9.17, 15) is 4.79 Å². The second kappa shape index (κ2) is 8.97. The summed E-state index contributed by atoms with van der Waals surface area (Å²) in [7, 11) is 1.84. The highest BCUT2D eigenvalue weighted by Gasteiger charge is 2.24. The highest BCUT2D eigenvalue weighted by Crippen LogP contribution is 2.36. The maximum atomic E-state index is 12.1. The standard InChI is InChI=1S/C21H22BrClN4O2/c1-21(2,11-14-6-8-15(23)9-7-14)13-29-20-18(17(22)19(28)25-26-20)27(3)16-5-4-10-24-12-16/h4-10,12H,11,13H2,1-3H3,(H,25,28). The van der Waals surface area contributed by atoms with E-state index in [1.807, 2.05) is 48.3 Å². The number of H-pyrrole nitrogens is 1. The molecule has 0 aliphatic heterocycles. The maximum Gasteiger partial charge on any atom is 0.280 e. The molecule has 0 spiro atoms. The molecule has 0 bridgehead atoms. The van der Waals surface area contributed by atoms with Crippen molar-refractivity contribution in [2.75, 3.05) is 18.6 Å². The third-order valence-electron chi connectivity index (χ3n) is 4.43. The highest BCUT2D eigenvalue weighted by molar-refractivity contribution is 9.10. The smallest absolute Gasteiger partial charge is 0.280 e. The van der Waals surface area contributed by atoms with Crippen molar-refractivity contribution in [1.82, 2.24) is 15.2 Å². The van der Waals surface area contributed by atoms with Crippen molar-refractivity contribution in [2.24, 2.45) is 5.41 Å². The minimum absolute atomic E-state index is 0.164. The fraction of sp³-hybridized carbons (Fsp3) is 0.286. The molecule has 152 valence electrons. The third-order valence-corrected chi connectivity index (χ3v) is 5.42. The number of hydrogen-bond acceptors (Lipinski definition) is 5. The molecule has 1 aromatic carbocycles. The number of anilines is 2. The second-order valence-electron chi connectivity index (χ2n) is 7.55. The van der Waals surface area contributed by atoms with E-state index < -0.39 is 0 Å². The number of rotatable bonds is 7. The Morgan fingerprint density at radius 3 is 2.62 bits per heavy atom. The Bertz CT molecular complexity index is 1020. The van der Waals surface area contributed by atoms with Crippen molar-refractivity contribution < 1.29 is 4.74 Å². The van der Waals surface area contributed by atoms with Gasteiger partial charge in [0.05, 0.1) is 18.5 Å². The molecule has 0 aliphatic carbocycles. The van der Waals surface area contributed by atoms with Crippen LogP contribution < -0.4 is 15.2 Å². The zero-order valence-corrected chi connectivity index (χ0v) is 18.8. The summed E-state index contributed by atoms with van der Waals surface area (Å²) in [5.74, 6) is 0.340. The minimum atomic E-state index is -0.330. The molecule has 6 nitrogen and oxygen atoms in total. The Hall–Kier alpha value is -2.38. The second-order valence-corrected chi connectivity index (χ2v) is 8.78. The molecule has 0 saturated heterocycles. The number of nitrogens with zero attached hydrogens (tertiary/aromatic N) is 3. The molecule has 0 saturated carbocycles. The van der Waals surface area contributed by atoms with Gasteiger partial charge in [-0.15, -0.1) is 5.10 Å². The van der Waals surface area contributed by atoms with Crippen LogP contribution in [0.25, 0.3) is 0 Å². The Labute approximate surface area is 183 Å². The number of ether oxygens (including phenoxy) is 1. The fourth-order valence-corrected chi connectivity index (χ4v) is 3.60. The molecule has 8 heteroatoms. The van der Waals surface area contributed by atoms with Gasteiger partial charge >= 0.3 is 0 Å². The molecular weight excluding hydrogens is 456 g/mol. The molecule has 0 fully saturated rings. The summed E-state index contributed by atoms with van der Waals surface area (Å²) < 4.78 is 6.43. The average Bonchev–Trinajstić information content (AvgIpc) is 2.71. The molecule has 2 heterocycles. The van der Waals surface area contributed by atoms with Crippen LogP contribution >= 0.6 is 27.5 Å². The zero-order valence-electron chi connectivity index (χ0n) is 16.4. The van der Waals surface area contributed by atoms with Gasteiger partial charge in [-0.25, -0.2) is 5.10 Å². The zero-order chi connectivity index (χ0) is 21.0. The van der Waals surface area contributed by atoms with Crippen LogP contribution in [0, 0.1) is 5.41 Å². The first-order valence-electron chi connectivity index (χ1n) is 9.06. The van der Waals surface area contributed by atoms with Gasteiger partial charge in [0.2, 0.25) is 0 Å². The van der Waals surface area contributed by atoms with Gasteiger partial charge in [-0.05, 0) is 52.2 Å². The quantitative estimate of drug-likeness (QED) is 0.519. The predicted octanol–water partition coefficient (Wildman–Crippen LogP) is 5.00. The normalized spacial score (nSPS) is 11.3. The lowest BCUT2D eigenvalue weighted by Crippen LogP contribution is -2.26. The molecule has 1 N–H and O–H groups in total. The van der Waals surface area contributed by atoms with Crippen molar-refractivity contribution in [3.05, 3.63) is 74.2 Å². The third kappa shape index (κ3) is 5.36. The Kier molecular flexibility index (Phi) is 6.59. The summed E-state index contributed by atoms with van der Waals surface area (Å²) in [4.78, 5) is 18.1. The first kappa shape index (κ1) is 21.3. The number of pyridine rings is 1. The van der Waals surface area contributed by atoms with E-state index in [2.05, 4.69) is 45.0 Å². The largest absolute Gasteiger partial charge is 0.475 e. The summed E-state index contributed by atoms with van der Waals surface area (Å²) >= 11 is 9.35. The predicted molar refractivity (Wildman–Crippen MR) is 119 cm³/mol. The Morgan fingerprint density at radius 2 is 1.97 bits per heavy atom. The molecule has 2 aromatic heterocycles. The van der Waals surface area contributed by atoms with Crippen LogP contribution in [0.5, 0.6) is 5.88 Å². The van der Waals surface area contributed by atoms with Crippen LogP contribution in [0.2, 0.25) is 5.02 Å². The van der Waals surface area contributed by atoms with Gasteiger partial charge < -0.3 is 9.64 Å². The number of aromatic nitrogens is 3. The van der Waals surface area contributed by atoms with E-state index in [0.29, 0.717) is 27.7 Å². The number of aromatic amines is 1. The lowest BCUT2D eigenvalue weighted by Gasteiger charge is -2.27. The van der Waals surface area contributed by atoms with Gasteiger partial charge in [0.15, 0.2) is 0 Å². The van der Waals surface area contributed by atoms with Crippen LogP contribution in [0.1, 0.15) is 19.4 Å². The molecule has 0 atom stereocenters. The van der Waals surface area contributed by atoms with E-state index in [1.54, 1.807) is 12.4 Å². The van der Waals surface area contributed by atoms with Crippen LogP contribution in [-0.2, 0) is 6.42 Å². The number of halogens is 2. The van der Waals surface area contributed by atoms with Crippen LogP contribution in [0.15, 0.2) is 58.1 Å². The molecule has 0 unspecified atom stereocenters. The summed E-state index contributed by atoms with van der Waals surface area (Å²) in [5.41, 5.74) is 2.03. The number of hydrogen-bond donors (Lipinski definition) is 1. The fourth-order valence-electron chi connectivity index (χ4n) is 2.95. The van der Waals surface area contributed by atoms with Crippen molar-refractivity contribution in [3.8, 4) is 5.88 Å². The summed E-state index contributed by atoms with van der Waals surface area (Å²) in [6.07, 6.45) is 4.21. The van der Waals surface area contributed by atoms with Gasteiger partial charge in [-0.1, -0.05) is 37.6 Å². The van der Waals surface area contributed by atoms with E-state index in [4.69, 9.17) is 16.3 Å². The van der Waals surface area contributed by atoms with Crippen molar-refractivity contribution in [3.63, 3.8) is 0 Å². The Balaban J connectivity index is 1.82. The summed E-state index contributed by atoms with van der Waals surface area (Å²) in [6, 6.07) is 11.5. The van der Waals surface area contributed by atoms with Gasteiger partial charge in [-0.2, -0.15) is 0 Å². The van der Waals surface area contributed by atoms with Crippen LogP contribution in [-0.4, -0.2) is 28.8 Å². The first-order chi connectivity index (χ1) is 13.8. The molecule has 0 radical (unpaired) electrons. The van der Waals surface area contributed by atoms with E-state index in [-0.39, 0.29) is 11.0 Å². The Morgan fingerprint density at radius 1 is 1.24 bits per heavy atom. The molecule has 3 aromatic rings. The van der Waals surface area contributed by atoms with Crippen LogP contribution in [0.4, 0.5) is 11.4 Å².